The second-order valence-electron chi connectivity index (χ2n) is 4.15. The Morgan fingerprint density at radius 3 is 2.60 bits per heavy atom. The van der Waals surface area contributed by atoms with Crippen LogP contribution in [-0.2, 0) is 7.05 Å². The number of carbonyl (C=O) groups excluding carboxylic acids is 1. The van der Waals surface area contributed by atoms with Gasteiger partial charge in [0, 0.05) is 32.9 Å². The molecule has 0 radical (unpaired) electrons. The van der Waals surface area contributed by atoms with Gasteiger partial charge in [-0.05, 0) is 19.1 Å². The van der Waals surface area contributed by atoms with E-state index in [1.807, 2.05) is 42.6 Å². The van der Waals surface area contributed by atoms with E-state index in [-0.39, 0.29) is 5.91 Å². The lowest BCUT2D eigenvalue weighted by Crippen LogP contribution is -2.57. The minimum atomic E-state index is 0.108. The Balaban J connectivity index is 2.16. The molecule has 82 valence electrons. The van der Waals surface area contributed by atoms with Gasteiger partial charge in [-0.15, -0.1) is 0 Å². The maximum Gasteiger partial charge on any atom is 0.270 e. The lowest BCUT2D eigenvalue weighted by atomic mass is 10.1. The van der Waals surface area contributed by atoms with Crippen LogP contribution in [0.1, 0.15) is 16.2 Å². The Bertz CT molecular complexity index is 379. The molecule has 1 aliphatic heterocycles. The molecule has 1 aliphatic rings. The lowest BCUT2D eigenvalue weighted by molar-refractivity contribution is 0.0671. The molecule has 0 aliphatic carbocycles. The SMILES string of the molecule is Cc1ccc(C(=O)N(C)C2CNC2)n1C. The smallest absolute Gasteiger partial charge is 0.270 e. The quantitative estimate of drug-likeness (QED) is 0.761. The van der Waals surface area contributed by atoms with Crippen molar-refractivity contribution < 1.29 is 4.79 Å². The van der Waals surface area contributed by atoms with Crippen molar-refractivity contribution in [2.75, 3.05) is 20.1 Å². The Hall–Kier alpha value is -1.29. The van der Waals surface area contributed by atoms with Crippen molar-refractivity contribution in [3.8, 4) is 0 Å². The van der Waals surface area contributed by atoms with Gasteiger partial charge in [-0.25, -0.2) is 0 Å². The van der Waals surface area contributed by atoms with E-state index >= 15 is 0 Å². The third-order valence-corrected chi connectivity index (χ3v) is 3.22. The van der Waals surface area contributed by atoms with Crippen LogP contribution in [0.4, 0.5) is 0 Å². The molecule has 4 nitrogen and oxygen atoms in total. The number of carbonyl (C=O) groups is 1. The van der Waals surface area contributed by atoms with Crippen molar-refractivity contribution in [1.29, 1.82) is 0 Å². The van der Waals surface area contributed by atoms with Gasteiger partial charge >= 0.3 is 0 Å². The largest absolute Gasteiger partial charge is 0.344 e. The summed E-state index contributed by atoms with van der Waals surface area (Å²) in [5.41, 5.74) is 1.88. The van der Waals surface area contributed by atoms with Crippen molar-refractivity contribution in [2.45, 2.75) is 13.0 Å². The summed E-state index contributed by atoms with van der Waals surface area (Å²) in [4.78, 5) is 13.9. The summed E-state index contributed by atoms with van der Waals surface area (Å²) in [6.07, 6.45) is 0. The average molecular weight is 207 g/mol. The van der Waals surface area contributed by atoms with Crippen molar-refractivity contribution in [2.24, 2.45) is 7.05 Å². The van der Waals surface area contributed by atoms with Gasteiger partial charge in [-0.1, -0.05) is 0 Å². The van der Waals surface area contributed by atoms with Crippen molar-refractivity contribution >= 4 is 5.91 Å². The molecule has 1 N–H and O–H groups in total. The lowest BCUT2D eigenvalue weighted by Gasteiger charge is -2.35. The first kappa shape index (κ1) is 10.2. The number of hydrogen-bond acceptors (Lipinski definition) is 2. The van der Waals surface area contributed by atoms with Crippen molar-refractivity contribution in [3.05, 3.63) is 23.5 Å². The Labute approximate surface area is 89.9 Å². The molecule has 1 saturated heterocycles. The Morgan fingerprint density at radius 2 is 2.20 bits per heavy atom. The number of nitrogens with zero attached hydrogens (tertiary/aromatic N) is 2. The van der Waals surface area contributed by atoms with E-state index in [0.717, 1.165) is 24.5 Å². The number of aryl methyl sites for hydroxylation is 1. The fourth-order valence-corrected chi connectivity index (χ4v) is 1.72. The molecule has 1 aromatic rings. The molecule has 0 unspecified atom stereocenters. The number of likely N-dealkylation sites (N-methyl/N-ethyl adjacent to an activating group) is 1. The van der Waals surface area contributed by atoms with Crippen LogP contribution >= 0.6 is 0 Å². The molecule has 0 atom stereocenters. The highest BCUT2D eigenvalue weighted by molar-refractivity contribution is 5.93. The molecule has 2 heterocycles. The van der Waals surface area contributed by atoms with E-state index < -0.39 is 0 Å². The molecule has 2 rings (SSSR count). The zero-order valence-electron chi connectivity index (χ0n) is 9.45. The van der Waals surface area contributed by atoms with Gasteiger partial charge in [0.05, 0.1) is 6.04 Å². The minimum absolute atomic E-state index is 0.108. The maximum atomic E-state index is 12.1. The molecular weight excluding hydrogens is 190 g/mol. The fourth-order valence-electron chi connectivity index (χ4n) is 1.72. The molecule has 0 aromatic carbocycles. The Kier molecular flexibility index (Phi) is 2.52. The number of aromatic nitrogens is 1. The van der Waals surface area contributed by atoms with Gasteiger partial charge < -0.3 is 14.8 Å². The zero-order chi connectivity index (χ0) is 11.0. The number of rotatable bonds is 2. The first-order chi connectivity index (χ1) is 7.11. The summed E-state index contributed by atoms with van der Waals surface area (Å²) < 4.78 is 1.94. The van der Waals surface area contributed by atoms with E-state index in [1.54, 1.807) is 0 Å². The maximum absolute atomic E-state index is 12.1. The summed E-state index contributed by atoms with van der Waals surface area (Å²) in [5.74, 6) is 0.108. The molecule has 1 fully saturated rings. The van der Waals surface area contributed by atoms with Crippen LogP contribution in [0.2, 0.25) is 0 Å². The topological polar surface area (TPSA) is 37.3 Å². The third-order valence-electron chi connectivity index (χ3n) is 3.22. The second-order valence-corrected chi connectivity index (χ2v) is 4.15. The van der Waals surface area contributed by atoms with Crippen LogP contribution < -0.4 is 5.32 Å². The summed E-state index contributed by atoms with van der Waals surface area (Å²) in [7, 11) is 3.80. The van der Waals surface area contributed by atoms with Crippen LogP contribution in [0.25, 0.3) is 0 Å². The average Bonchev–Trinajstić information content (AvgIpc) is 2.44. The zero-order valence-corrected chi connectivity index (χ0v) is 9.45. The molecule has 15 heavy (non-hydrogen) atoms. The van der Waals surface area contributed by atoms with Crippen LogP contribution in [0.15, 0.2) is 12.1 Å². The number of nitrogens with one attached hydrogen (secondary N) is 1. The summed E-state index contributed by atoms with van der Waals surface area (Å²) in [6, 6.07) is 4.22. The molecule has 1 aromatic heterocycles. The number of hydrogen-bond donors (Lipinski definition) is 1. The summed E-state index contributed by atoms with van der Waals surface area (Å²) >= 11 is 0. The molecule has 0 spiro atoms. The summed E-state index contributed by atoms with van der Waals surface area (Å²) in [6.45, 7) is 3.82. The van der Waals surface area contributed by atoms with E-state index in [0.29, 0.717) is 6.04 Å². The predicted molar refractivity (Wildman–Crippen MR) is 58.9 cm³/mol. The van der Waals surface area contributed by atoms with Gasteiger partial charge in [0.25, 0.3) is 5.91 Å². The van der Waals surface area contributed by atoms with E-state index in [1.165, 1.54) is 0 Å². The first-order valence-corrected chi connectivity index (χ1v) is 5.21. The molecule has 1 amide bonds. The Morgan fingerprint density at radius 1 is 1.53 bits per heavy atom. The third kappa shape index (κ3) is 1.65. The molecule has 0 saturated carbocycles. The van der Waals surface area contributed by atoms with Gasteiger partial charge in [-0.2, -0.15) is 0 Å². The summed E-state index contributed by atoms with van der Waals surface area (Å²) in [5, 5.41) is 3.17. The highest BCUT2D eigenvalue weighted by Gasteiger charge is 2.27. The van der Waals surface area contributed by atoms with E-state index in [9.17, 15) is 4.79 Å². The predicted octanol–water partition coefficient (Wildman–Crippen LogP) is 0.377. The van der Waals surface area contributed by atoms with Crippen molar-refractivity contribution in [1.82, 2.24) is 14.8 Å². The molecule has 0 bridgehead atoms. The minimum Gasteiger partial charge on any atom is -0.344 e. The van der Waals surface area contributed by atoms with Crippen LogP contribution in [0.3, 0.4) is 0 Å². The standard InChI is InChI=1S/C11H17N3O/c1-8-4-5-10(13(8)2)11(15)14(3)9-6-12-7-9/h4-5,9,12H,6-7H2,1-3H3. The van der Waals surface area contributed by atoms with Crippen LogP contribution in [0, 0.1) is 6.92 Å². The van der Waals surface area contributed by atoms with Gasteiger partial charge in [-0.3, -0.25) is 4.79 Å². The van der Waals surface area contributed by atoms with Gasteiger partial charge in [0.2, 0.25) is 0 Å². The van der Waals surface area contributed by atoms with Crippen molar-refractivity contribution in [3.63, 3.8) is 0 Å². The van der Waals surface area contributed by atoms with Gasteiger partial charge in [0.1, 0.15) is 5.69 Å². The van der Waals surface area contributed by atoms with Crippen LogP contribution in [0.5, 0.6) is 0 Å². The second kappa shape index (κ2) is 3.70. The molecule has 4 heteroatoms. The number of amides is 1. The van der Waals surface area contributed by atoms with Gasteiger partial charge in [0.15, 0.2) is 0 Å². The normalized spacial score (nSPS) is 16.2. The van der Waals surface area contributed by atoms with Crippen LogP contribution in [-0.4, -0.2) is 41.6 Å². The highest BCUT2D eigenvalue weighted by atomic mass is 16.2. The highest BCUT2D eigenvalue weighted by Crippen LogP contribution is 2.11. The fraction of sp³-hybridized carbons (Fsp3) is 0.545. The monoisotopic (exact) mass is 207 g/mol. The van der Waals surface area contributed by atoms with E-state index in [2.05, 4.69) is 5.32 Å². The first-order valence-electron chi connectivity index (χ1n) is 5.21. The van der Waals surface area contributed by atoms with E-state index in [4.69, 9.17) is 0 Å². The molecular formula is C11H17N3O.